The lowest BCUT2D eigenvalue weighted by atomic mass is 10.1. The molecule has 0 fully saturated rings. The number of anilines is 1. The minimum absolute atomic E-state index is 0.0413. The molecule has 0 aliphatic carbocycles. The van der Waals surface area contributed by atoms with Crippen molar-refractivity contribution in [3.8, 4) is 0 Å². The Hall–Kier alpha value is -3.38. The van der Waals surface area contributed by atoms with E-state index in [2.05, 4.69) is 5.32 Å². The Balaban J connectivity index is 1.58. The summed E-state index contributed by atoms with van der Waals surface area (Å²) < 4.78 is 5.42. The van der Waals surface area contributed by atoms with Crippen molar-refractivity contribution in [2.75, 3.05) is 11.1 Å². The molecule has 3 rings (SSSR count). The van der Waals surface area contributed by atoms with Crippen LogP contribution in [0.25, 0.3) is 0 Å². The van der Waals surface area contributed by atoms with E-state index in [0.29, 0.717) is 21.8 Å². The summed E-state index contributed by atoms with van der Waals surface area (Å²) in [5.74, 6) is -0.315. The van der Waals surface area contributed by atoms with Crippen molar-refractivity contribution in [3.63, 3.8) is 0 Å². The summed E-state index contributed by atoms with van der Waals surface area (Å²) in [6, 6.07) is 23.2. The van der Waals surface area contributed by atoms with Gasteiger partial charge in [-0.1, -0.05) is 42.5 Å². The highest BCUT2D eigenvalue weighted by Crippen LogP contribution is 2.23. The van der Waals surface area contributed by atoms with E-state index in [9.17, 15) is 14.4 Å². The lowest BCUT2D eigenvalue weighted by Gasteiger charge is -2.09. The van der Waals surface area contributed by atoms with Gasteiger partial charge in [0.25, 0.3) is 5.91 Å². The Morgan fingerprint density at radius 3 is 2.23 bits per heavy atom. The summed E-state index contributed by atoms with van der Waals surface area (Å²) in [6.07, 6.45) is 0. The number of esters is 1. The third-order valence-corrected chi connectivity index (χ3v) is 5.37. The molecule has 0 bridgehead atoms. The summed E-state index contributed by atoms with van der Waals surface area (Å²) in [7, 11) is 0. The number of hydrogen-bond donors (Lipinski definition) is 1. The van der Waals surface area contributed by atoms with Crippen LogP contribution in [-0.2, 0) is 16.1 Å². The van der Waals surface area contributed by atoms with Crippen molar-refractivity contribution in [1.82, 2.24) is 0 Å². The SMILES string of the molecule is CC(=O)CSc1ccccc1C(=O)OCc1ccc(C(=O)Nc2ccccc2)cc1. The van der Waals surface area contributed by atoms with Gasteiger partial charge in [-0.25, -0.2) is 4.79 Å². The molecule has 6 heteroatoms. The number of nitrogens with one attached hydrogen (secondary N) is 1. The van der Waals surface area contributed by atoms with Gasteiger partial charge in [0.05, 0.1) is 11.3 Å². The van der Waals surface area contributed by atoms with Crippen LogP contribution >= 0.6 is 11.8 Å². The molecule has 0 heterocycles. The first-order valence-electron chi connectivity index (χ1n) is 9.36. The number of amides is 1. The van der Waals surface area contributed by atoms with Gasteiger partial charge in [0.15, 0.2) is 0 Å². The van der Waals surface area contributed by atoms with Gasteiger partial charge < -0.3 is 10.1 Å². The topological polar surface area (TPSA) is 72.5 Å². The molecule has 0 atom stereocenters. The quantitative estimate of drug-likeness (QED) is 0.412. The van der Waals surface area contributed by atoms with Gasteiger partial charge in [-0.15, -0.1) is 11.8 Å². The molecule has 1 N–H and O–H groups in total. The lowest BCUT2D eigenvalue weighted by molar-refractivity contribution is -0.114. The van der Waals surface area contributed by atoms with Gasteiger partial charge in [0.1, 0.15) is 12.4 Å². The number of thioether (sulfide) groups is 1. The van der Waals surface area contributed by atoms with Gasteiger partial charge in [0.2, 0.25) is 0 Å². The van der Waals surface area contributed by atoms with Gasteiger partial charge in [-0.2, -0.15) is 0 Å². The fourth-order valence-electron chi connectivity index (χ4n) is 2.64. The van der Waals surface area contributed by atoms with Crippen LogP contribution < -0.4 is 5.32 Å². The number of rotatable bonds is 8. The molecule has 0 saturated carbocycles. The number of ether oxygens (including phenoxy) is 1. The van der Waals surface area contributed by atoms with E-state index in [1.807, 2.05) is 36.4 Å². The van der Waals surface area contributed by atoms with Crippen LogP contribution in [-0.4, -0.2) is 23.4 Å². The lowest BCUT2D eigenvalue weighted by Crippen LogP contribution is -2.12. The van der Waals surface area contributed by atoms with Crippen LogP contribution in [0.5, 0.6) is 0 Å². The second-order valence-corrected chi connectivity index (χ2v) is 7.60. The first-order chi connectivity index (χ1) is 14.5. The van der Waals surface area contributed by atoms with Crippen LogP contribution in [0.4, 0.5) is 5.69 Å². The predicted molar refractivity (Wildman–Crippen MR) is 118 cm³/mol. The zero-order valence-corrected chi connectivity index (χ0v) is 17.3. The Morgan fingerprint density at radius 1 is 0.867 bits per heavy atom. The largest absolute Gasteiger partial charge is 0.457 e. The van der Waals surface area contributed by atoms with E-state index in [1.165, 1.54) is 18.7 Å². The van der Waals surface area contributed by atoms with Crippen molar-refractivity contribution < 1.29 is 19.1 Å². The molecule has 5 nitrogen and oxygen atoms in total. The number of hydrogen-bond acceptors (Lipinski definition) is 5. The van der Waals surface area contributed by atoms with Gasteiger partial charge >= 0.3 is 5.97 Å². The van der Waals surface area contributed by atoms with Crippen molar-refractivity contribution >= 4 is 35.1 Å². The van der Waals surface area contributed by atoms with Crippen LogP contribution in [0.3, 0.4) is 0 Å². The number of ketones is 1. The minimum atomic E-state index is -0.451. The Bertz CT molecular complexity index is 1030. The van der Waals surface area contributed by atoms with Crippen LogP contribution in [0.15, 0.2) is 83.8 Å². The van der Waals surface area contributed by atoms with E-state index in [1.54, 1.807) is 42.5 Å². The molecule has 0 aliphatic rings. The van der Waals surface area contributed by atoms with Crippen molar-refractivity contribution in [3.05, 3.63) is 95.6 Å². The molecule has 0 radical (unpaired) electrons. The number of para-hydroxylation sites is 1. The fraction of sp³-hybridized carbons (Fsp3) is 0.125. The second-order valence-electron chi connectivity index (χ2n) is 6.58. The Morgan fingerprint density at radius 2 is 1.53 bits per heavy atom. The number of benzene rings is 3. The van der Waals surface area contributed by atoms with Crippen molar-refractivity contribution in [2.24, 2.45) is 0 Å². The summed E-state index contributed by atoms with van der Waals surface area (Å²) >= 11 is 1.32. The molecule has 30 heavy (non-hydrogen) atoms. The number of carbonyl (C=O) groups is 3. The first-order valence-corrected chi connectivity index (χ1v) is 10.4. The van der Waals surface area contributed by atoms with Crippen LogP contribution in [0, 0.1) is 0 Å². The van der Waals surface area contributed by atoms with Gasteiger partial charge in [-0.05, 0) is 48.9 Å². The zero-order valence-electron chi connectivity index (χ0n) is 16.5. The van der Waals surface area contributed by atoms with Crippen LogP contribution in [0.1, 0.15) is 33.2 Å². The molecular formula is C24H21NO4S. The second kappa shape index (κ2) is 10.4. The van der Waals surface area contributed by atoms with Gasteiger partial charge in [-0.3, -0.25) is 9.59 Å². The zero-order chi connectivity index (χ0) is 21.3. The summed E-state index contributed by atoms with van der Waals surface area (Å²) in [4.78, 5) is 36.7. The number of carbonyl (C=O) groups excluding carboxylic acids is 3. The van der Waals surface area contributed by atoms with Crippen molar-refractivity contribution in [2.45, 2.75) is 18.4 Å². The average Bonchev–Trinajstić information content (AvgIpc) is 2.77. The van der Waals surface area contributed by atoms with Crippen LogP contribution in [0.2, 0.25) is 0 Å². The predicted octanol–water partition coefficient (Wildman–Crippen LogP) is 4.98. The highest BCUT2D eigenvalue weighted by molar-refractivity contribution is 8.00. The van der Waals surface area contributed by atoms with E-state index < -0.39 is 5.97 Å². The maximum Gasteiger partial charge on any atom is 0.339 e. The molecule has 0 unspecified atom stereocenters. The monoisotopic (exact) mass is 419 g/mol. The third-order valence-electron chi connectivity index (χ3n) is 4.16. The Labute approximate surface area is 179 Å². The summed E-state index contributed by atoms with van der Waals surface area (Å²) in [5.41, 5.74) is 2.44. The molecule has 3 aromatic rings. The highest BCUT2D eigenvalue weighted by Gasteiger charge is 2.14. The molecule has 0 aliphatic heterocycles. The molecule has 0 spiro atoms. The molecular weight excluding hydrogens is 398 g/mol. The number of Topliss-reactive ketones (excluding diaryl/α,β-unsaturated/α-hetero) is 1. The smallest absolute Gasteiger partial charge is 0.339 e. The molecule has 1 amide bonds. The van der Waals surface area contributed by atoms with E-state index >= 15 is 0 Å². The summed E-state index contributed by atoms with van der Waals surface area (Å²) in [6.45, 7) is 1.60. The fourth-order valence-corrected chi connectivity index (χ4v) is 3.48. The van der Waals surface area contributed by atoms with E-state index in [0.717, 1.165) is 11.3 Å². The van der Waals surface area contributed by atoms with E-state index in [4.69, 9.17) is 4.74 Å². The Kier molecular flexibility index (Phi) is 7.40. The first kappa shape index (κ1) is 21.3. The molecule has 0 saturated heterocycles. The normalized spacial score (nSPS) is 10.3. The highest BCUT2D eigenvalue weighted by atomic mass is 32.2. The molecule has 152 valence electrons. The van der Waals surface area contributed by atoms with Crippen molar-refractivity contribution in [1.29, 1.82) is 0 Å². The maximum absolute atomic E-state index is 12.5. The maximum atomic E-state index is 12.5. The molecule has 0 aromatic heterocycles. The standard InChI is InChI=1S/C24H21NO4S/c1-17(26)16-30-22-10-6-5-9-21(22)24(28)29-15-18-11-13-19(14-12-18)23(27)25-20-7-3-2-4-8-20/h2-14H,15-16H2,1H3,(H,25,27). The summed E-state index contributed by atoms with van der Waals surface area (Å²) in [5, 5.41) is 2.82. The van der Waals surface area contributed by atoms with Gasteiger partial charge in [0, 0.05) is 16.1 Å². The van der Waals surface area contributed by atoms with E-state index in [-0.39, 0.29) is 18.3 Å². The third kappa shape index (κ3) is 6.06. The minimum Gasteiger partial charge on any atom is -0.457 e. The average molecular weight is 420 g/mol. The molecule has 3 aromatic carbocycles.